The van der Waals surface area contributed by atoms with E-state index in [-0.39, 0.29) is 5.91 Å². The summed E-state index contributed by atoms with van der Waals surface area (Å²) in [4.78, 5) is 14.0. The summed E-state index contributed by atoms with van der Waals surface area (Å²) in [6.07, 6.45) is 2.23. The maximum absolute atomic E-state index is 12.1. The van der Waals surface area contributed by atoms with Crippen molar-refractivity contribution in [3.05, 3.63) is 34.3 Å². The van der Waals surface area contributed by atoms with Crippen molar-refractivity contribution in [2.45, 2.75) is 33.6 Å². The molecule has 0 atom stereocenters. The fourth-order valence-electron chi connectivity index (χ4n) is 1.93. The van der Waals surface area contributed by atoms with E-state index in [9.17, 15) is 4.79 Å². The summed E-state index contributed by atoms with van der Waals surface area (Å²) in [5.74, 6) is 0.118. The number of halogens is 1. The van der Waals surface area contributed by atoms with Gasteiger partial charge in [-0.05, 0) is 37.5 Å². The van der Waals surface area contributed by atoms with Crippen molar-refractivity contribution in [1.82, 2.24) is 4.90 Å². The molecule has 0 unspecified atom stereocenters. The Kier molecular flexibility index (Phi) is 5.49. The summed E-state index contributed by atoms with van der Waals surface area (Å²) in [5, 5.41) is 0.667. The van der Waals surface area contributed by atoms with Crippen LogP contribution in [-0.2, 0) is 0 Å². The van der Waals surface area contributed by atoms with Crippen LogP contribution in [0, 0.1) is 6.92 Å². The van der Waals surface area contributed by atoms with Crippen LogP contribution in [0.15, 0.2) is 18.2 Å². The molecule has 1 amide bonds. The number of carbonyl (C=O) groups is 1. The maximum atomic E-state index is 12.1. The predicted molar refractivity (Wildman–Crippen MR) is 72.7 cm³/mol. The van der Waals surface area contributed by atoms with E-state index >= 15 is 0 Å². The van der Waals surface area contributed by atoms with Gasteiger partial charge in [0, 0.05) is 23.7 Å². The molecule has 94 valence electrons. The molecule has 2 nitrogen and oxygen atoms in total. The van der Waals surface area contributed by atoms with Crippen molar-refractivity contribution < 1.29 is 4.79 Å². The molecule has 1 aromatic rings. The molecule has 1 heterocycles. The fraction of sp³-hybridized carbons (Fsp3) is 0.500. The number of hydrogen-bond acceptors (Lipinski definition) is 1. The smallest absolute Gasteiger partial charge is 0.254 e. The van der Waals surface area contributed by atoms with Gasteiger partial charge >= 0.3 is 0 Å². The molecule has 1 aliphatic rings. The highest BCUT2D eigenvalue weighted by Gasteiger charge is 2.21. The lowest BCUT2D eigenvalue weighted by molar-refractivity contribution is 0.0792. The van der Waals surface area contributed by atoms with Gasteiger partial charge in [0.1, 0.15) is 0 Å². The normalized spacial score (nSPS) is 14.2. The zero-order chi connectivity index (χ0) is 12.8. The van der Waals surface area contributed by atoms with Crippen molar-refractivity contribution in [2.24, 2.45) is 0 Å². The lowest BCUT2D eigenvalue weighted by atomic mass is 10.1. The Hall–Kier alpha value is -1.02. The number of amides is 1. The number of nitrogens with zero attached hydrogens (tertiary/aromatic N) is 1. The standard InChI is InChI=1S/C12H14ClNO.C2H6/c1-9-10(5-4-6-11(9)13)12(15)14-7-2-3-8-14;1-2/h4-6H,2-3,7-8H2,1H3;1-2H3. The van der Waals surface area contributed by atoms with Gasteiger partial charge in [0.25, 0.3) is 5.91 Å². The first-order valence-corrected chi connectivity index (χ1v) is 6.62. The van der Waals surface area contributed by atoms with E-state index < -0.39 is 0 Å². The highest BCUT2D eigenvalue weighted by atomic mass is 35.5. The van der Waals surface area contributed by atoms with E-state index in [0.29, 0.717) is 5.02 Å². The van der Waals surface area contributed by atoms with E-state index in [0.717, 1.165) is 37.1 Å². The molecule has 17 heavy (non-hydrogen) atoms. The van der Waals surface area contributed by atoms with Gasteiger partial charge in [-0.25, -0.2) is 0 Å². The van der Waals surface area contributed by atoms with Crippen LogP contribution >= 0.6 is 11.6 Å². The highest BCUT2D eigenvalue weighted by Crippen LogP contribution is 2.21. The van der Waals surface area contributed by atoms with E-state index in [1.165, 1.54) is 0 Å². The highest BCUT2D eigenvalue weighted by molar-refractivity contribution is 6.31. The molecular formula is C14H20ClNO. The summed E-state index contributed by atoms with van der Waals surface area (Å²) < 4.78 is 0. The van der Waals surface area contributed by atoms with Crippen molar-refractivity contribution in [3.8, 4) is 0 Å². The molecule has 1 fully saturated rings. The van der Waals surface area contributed by atoms with Crippen LogP contribution in [0.25, 0.3) is 0 Å². The molecule has 0 radical (unpaired) electrons. The average Bonchev–Trinajstić information content (AvgIpc) is 2.88. The molecule has 0 N–H and O–H groups in total. The Bertz CT molecular complexity index is 384. The third-order valence-corrected chi connectivity index (χ3v) is 3.30. The summed E-state index contributed by atoms with van der Waals surface area (Å²) in [6.45, 7) is 7.65. The Morgan fingerprint density at radius 2 is 1.82 bits per heavy atom. The number of likely N-dealkylation sites (tertiary alicyclic amines) is 1. The molecule has 0 aromatic heterocycles. The number of hydrogen-bond donors (Lipinski definition) is 0. The van der Waals surface area contributed by atoms with Crippen LogP contribution in [0.4, 0.5) is 0 Å². The first kappa shape index (κ1) is 14.0. The Morgan fingerprint density at radius 3 is 2.41 bits per heavy atom. The lowest BCUT2D eigenvalue weighted by Crippen LogP contribution is -2.28. The Labute approximate surface area is 109 Å². The SMILES string of the molecule is CC.Cc1c(Cl)cccc1C(=O)N1CCCC1. The second kappa shape index (κ2) is 6.65. The van der Waals surface area contributed by atoms with Gasteiger partial charge in [-0.1, -0.05) is 31.5 Å². The van der Waals surface area contributed by atoms with Gasteiger partial charge in [-0.3, -0.25) is 4.79 Å². The van der Waals surface area contributed by atoms with Crippen LogP contribution in [0.1, 0.15) is 42.6 Å². The minimum absolute atomic E-state index is 0.118. The van der Waals surface area contributed by atoms with Crippen molar-refractivity contribution in [3.63, 3.8) is 0 Å². The van der Waals surface area contributed by atoms with Gasteiger partial charge in [-0.15, -0.1) is 0 Å². The molecule has 1 aliphatic heterocycles. The van der Waals surface area contributed by atoms with E-state index in [1.54, 1.807) is 0 Å². The zero-order valence-electron chi connectivity index (χ0n) is 10.8. The summed E-state index contributed by atoms with van der Waals surface area (Å²) in [7, 11) is 0. The molecule has 1 saturated heterocycles. The number of benzene rings is 1. The molecule has 0 saturated carbocycles. The third-order valence-electron chi connectivity index (χ3n) is 2.89. The molecule has 0 bridgehead atoms. The fourth-order valence-corrected chi connectivity index (χ4v) is 2.10. The van der Waals surface area contributed by atoms with Crippen molar-refractivity contribution >= 4 is 17.5 Å². The van der Waals surface area contributed by atoms with Gasteiger partial charge in [-0.2, -0.15) is 0 Å². The minimum Gasteiger partial charge on any atom is -0.339 e. The van der Waals surface area contributed by atoms with E-state index in [1.807, 2.05) is 43.9 Å². The Morgan fingerprint density at radius 1 is 1.24 bits per heavy atom. The van der Waals surface area contributed by atoms with Crippen LogP contribution < -0.4 is 0 Å². The van der Waals surface area contributed by atoms with Crippen molar-refractivity contribution in [1.29, 1.82) is 0 Å². The zero-order valence-corrected chi connectivity index (χ0v) is 11.5. The van der Waals surface area contributed by atoms with E-state index in [2.05, 4.69) is 0 Å². The first-order chi connectivity index (χ1) is 8.20. The van der Waals surface area contributed by atoms with Gasteiger partial charge in [0.2, 0.25) is 0 Å². The predicted octanol–water partition coefficient (Wildman–Crippen LogP) is 3.91. The molecule has 0 aliphatic carbocycles. The van der Waals surface area contributed by atoms with Crippen LogP contribution in [0.2, 0.25) is 5.02 Å². The largest absolute Gasteiger partial charge is 0.339 e. The van der Waals surface area contributed by atoms with Gasteiger partial charge in [0.15, 0.2) is 0 Å². The summed E-state index contributed by atoms with van der Waals surface area (Å²) in [5.41, 5.74) is 1.63. The molecule has 0 spiro atoms. The maximum Gasteiger partial charge on any atom is 0.254 e. The molecule has 1 aromatic carbocycles. The van der Waals surface area contributed by atoms with Crippen LogP contribution in [0.5, 0.6) is 0 Å². The van der Waals surface area contributed by atoms with Gasteiger partial charge < -0.3 is 4.90 Å². The lowest BCUT2D eigenvalue weighted by Gasteiger charge is -2.16. The second-order valence-corrected chi connectivity index (χ2v) is 4.32. The minimum atomic E-state index is 0.118. The van der Waals surface area contributed by atoms with Crippen molar-refractivity contribution in [2.75, 3.05) is 13.1 Å². The quantitative estimate of drug-likeness (QED) is 0.743. The molecule has 2 rings (SSSR count). The Balaban J connectivity index is 0.000000686. The van der Waals surface area contributed by atoms with Gasteiger partial charge in [0.05, 0.1) is 0 Å². The second-order valence-electron chi connectivity index (χ2n) is 3.91. The van der Waals surface area contributed by atoms with Crippen LogP contribution in [-0.4, -0.2) is 23.9 Å². The monoisotopic (exact) mass is 253 g/mol. The number of carbonyl (C=O) groups excluding carboxylic acids is 1. The summed E-state index contributed by atoms with van der Waals surface area (Å²) >= 11 is 5.99. The molecule has 3 heteroatoms. The third kappa shape index (κ3) is 3.22. The topological polar surface area (TPSA) is 20.3 Å². The first-order valence-electron chi connectivity index (χ1n) is 6.24. The van der Waals surface area contributed by atoms with E-state index in [4.69, 9.17) is 11.6 Å². The average molecular weight is 254 g/mol. The summed E-state index contributed by atoms with van der Waals surface area (Å²) in [6, 6.07) is 5.50. The van der Waals surface area contributed by atoms with Crippen LogP contribution in [0.3, 0.4) is 0 Å². The number of rotatable bonds is 1. The molecular weight excluding hydrogens is 234 g/mol.